The van der Waals surface area contributed by atoms with Gasteiger partial charge in [-0.25, -0.2) is 8.42 Å². The molecule has 0 radical (unpaired) electrons. The zero-order valence-electron chi connectivity index (χ0n) is 12.1. The van der Waals surface area contributed by atoms with Gasteiger partial charge in [-0.15, -0.1) is 0 Å². The topological polar surface area (TPSA) is 71.4 Å². The second-order valence-corrected chi connectivity index (χ2v) is 8.87. The van der Waals surface area contributed by atoms with Gasteiger partial charge >= 0.3 is 0 Å². The number of hydrogen-bond donors (Lipinski definition) is 1. The lowest BCUT2D eigenvalue weighted by Gasteiger charge is -2.11. The van der Waals surface area contributed by atoms with Crippen molar-refractivity contribution in [2.24, 2.45) is 0 Å². The fourth-order valence-corrected chi connectivity index (χ4v) is 5.14. The quantitative estimate of drug-likeness (QED) is 0.694. The van der Waals surface area contributed by atoms with Crippen molar-refractivity contribution in [3.05, 3.63) is 73.4 Å². The van der Waals surface area contributed by atoms with E-state index in [0.717, 1.165) is 0 Å². The average molecular weight is 438 g/mol. The highest BCUT2D eigenvalue weighted by molar-refractivity contribution is 8.02. The van der Waals surface area contributed by atoms with Gasteiger partial charge in [0.1, 0.15) is 4.91 Å². The van der Waals surface area contributed by atoms with Gasteiger partial charge in [0.05, 0.1) is 20.1 Å². The number of halogens is 4. The highest BCUT2D eigenvalue weighted by Crippen LogP contribution is 2.45. The number of aliphatic hydroxyl groups is 1. The number of allylic oxidation sites excluding steroid dienone is 1. The summed E-state index contributed by atoms with van der Waals surface area (Å²) in [4.78, 5) is 11.9. The maximum atomic E-state index is 12.9. The minimum absolute atomic E-state index is 0.0720. The van der Waals surface area contributed by atoms with Crippen LogP contribution in [0, 0.1) is 0 Å². The Morgan fingerprint density at radius 2 is 1.40 bits per heavy atom. The van der Waals surface area contributed by atoms with Gasteiger partial charge in [-0.05, 0) is 35.4 Å². The predicted molar refractivity (Wildman–Crippen MR) is 99.1 cm³/mol. The third kappa shape index (κ3) is 3.04. The first-order valence-corrected chi connectivity index (χ1v) is 9.82. The Bertz CT molecular complexity index is 1040. The standard InChI is InChI=1S/C16H8Cl4O4S/c17-9-3-1-7(5-11(9)19)15-13(21)14(22)16(25(15,23)24)8-2-4-10(18)12(20)6-8/h1-6,15,22H. The summed E-state index contributed by atoms with van der Waals surface area (Å²) in [6.07, 6.45) is 0. The molecule has 1 aliphatic rings. The Hall–Kier alpha value is -1.24. The molecule has 3 rings (SSSR count). The molecule has 1 unspecified atom stereocenters. The zero-order chi connectivity index (χ0) is 18.5. The largest absolute Gasteiger partial charge is 0.503 e. The van der Waals surface area contributed by atoms with Crippen LogP contribution in [-0.2, 0) is 14.6 Å². The molecule has 0 aromatic heterocycles. The lowest BCUT2D eigenvalue weighted by Crippen LogP contribution is -2.16. The molecular formula is C16H8Cl4O4S. The molecule has 130 valence electrons. The maximum Gasteiger partial charge on any atom is 0.221 e. The fraction of sp³-hybridized carbons (Fsp3) is 0.0625. The molecular weight excluding hydrogens is 430 g/mol. The van der Waals surface area contributed by atoms with Crippen molar-refractivity contribution in [2.45, 2.75) is 5.25 Å². The van der Waals surface area contributed by atoms with E-state index in [1.54, 1.807) is 0 Å². The molecule has 1 atom stereocenters. The van der Waals surface area contributed by atoms with Crippen LogP contribution in [0.15, 0.2) is 42.2 Å². The Kier molecular flexibility index (Phi) is 4.81. The summed E-state index contributed by atoms with van der Waals surface area (Å²) in [5.74, 6) is -1.80. The van der Waals surface area contributed by atoms with E-state index in [2.05, 4.69) is 0 Å². The van der Waals surface area contributed by atoms with Gasteiger partial charge in [0.2, 0.25) is 5.78 Å². The molecule has 1 aliphatic heterocycles. The van der Waals surface area contributed by atoms with Crippen molar-refractivity contribution < 1.29 is 18.3 Å². The molecule has 2 aromatic carbocycles. The van der Waals surface area contributed by atoms with Gasteiger partial charge < -0.3 is 5.11 Å². The maximum absolute atomic E-state index is 12.9. The van der Waals surface area contributed by atoms with Crippen molar-refractivity contribution in [3.8, 4) is 0 Å². The first-order chi connectivity index (χ1) is 11.6. The van der Waals surface area contributed by atoms with Gasteiger partial charge in [-0.1, -0.05) is 58.5 Å². The zero-order valence-corrected chi connectivity index (χ0v) is 16.0. The molecule has 25 heavy (non-hydrogen) atoms. The van der Waals surface area contributed by atoms with Gasteiger partial charge in [-0.3, -0.25) is 4.79 Å². The summed E-state index contributed by atoms with van der Waals surface area (Å²) in [7, 11) is -4.21. The molecule has 1 N–H and O–H groups in total. The normalized spacial score (nSPS) is 19.5. The number of carbonyl (C=O) groups is 1. The lowest BCUT2D eigenvalue weighted by molar-refractivity contribution is -0.117. The molecule has 4 nitrogen and oxygen atoms in total. The summed E-state index contributed by atoms with van der Waals surface area (Å²) in [6, 6.07) is 8.07. The Morgan fingerprint density at radius 3 is 1.96 bits per heavy atom. The minimum Gasteiger partial charge on any atom is -0.503 e. The summed E-state index contributed by atoms with van der Waals surface area (Å²) in [6.45, 7) is 0. The van der Waals surface area contributed by atoms with Gasteiger partial charge in [0.15, 0.2) is 20.8 Å². The van der Waals surface area contributed by atoms with E-state index in [-0.39, 0.29) is 31.2 Å². The summed E-state index contributed by atoms with van der Waals surface area (Å²) in [5, 5.41) is 9.21. The van der Waals surface area contributed by atoms with E-state index < -0.39 is 31.5 Å². The third-order valence-electron chi connectivity index (χ3n) is 3.71. The van der Waals surface area contributed by atoms with E-state index in [4.69, 9.17) is 46.4 Å². The molecule has 0 bridgehead atoms. The summed E-state index contributed by atoms with van der Waals surface area (Å²) < 4.78 is 25.8. The SMILES string of the molecule is O=C1C(O)=C(c2ccc(Cl)c(Cl)c2)S(=O)(=O)C1c1ccc(Cl)c(Cl)c1. The first-order valence-electron chi connectivity index (χ1n) is 6.76. The van der Waals surface area contributed by atoms with Crippen molar-refractivity contribution in [1.29, 1.82) is 0 Å². The smallest absolute Gasteiger partial charge is 0.221 e. The molecule has 0 aliphatic carbocycles. The highest BCUT2D eigenvalue weighted by Gasteiger charge is 2.48. The molecule has 0 saturated heterocycles. The monoisotopic (exact) mass is 436 g/mol. The second kappa shape index (κ2) is 6.49. The van der Waals surface area contributed by atoms with Crippen LogP contribution in [0.4, 0.5) is 0 Å². The second-order valence-electron chi connectivity index (χ2n) is 5.27. The Labute approximate surface area is 163 Å². The van der Waals surface area contributed by atoms with Crippen LogP contribution in [0.3, 0.4) is 0 Å². The van der Waals surface area contributed by atoms with E-state index in [1.165, 1.54) is 36.4 Å². The van der Waals surface area contributed by atoms with Crippen molar-refractivity contribution >= 4 is 66.9 Å². The fourth-order valence-electron chi connectivity index (χ4n) is 2.57. The van der Waals surface area contributed by atoms with Crippen molar-refractivity contribution in [1.82, 2.24) is 0 Å². The third-order valence-corrected chi connectivity index (χ3v) is 7.29. The van der Waals surface area contributed by atoms with Gasteiger partial charge in [-0.2, -0.15) is 0 Å². The van der Waals surface area contributed by atoms with Crippen LogP contribution in [-0.4, -0.2) is 19.3 Å². The lowest BCUT2D eigenvalue weighted by atomic mass is 10.1. The molecule has 2 aromatic rings. The van der Waals surface area contributed by atoms with Crippen LogP contribution < -0.4 is 0 Å². The number of carbonyl (C=O) groups excluding carboxylic acids is 1. The van der Waals surface area contributed by atoms with Crippen LogP contribution >= 0.6 is 46.4 Å². The van der Waals surface area contributed by atoms with E-state index in [9.17, 15) is 18.3 Å². The Balaban J connectivity index is 2.17. The average Bonchev–Trinajstić information content (AvgIpc) is 2.71. The molecule has 0 spiro atoms. The number of benzene rings is 2. The van der Waals surface area contributed by atoms with E-state index in [1.807, 2.05) is 0 Å². The molecule has 0 saturated carbocycles. The number of Topliss-reactive ketones (excluding diaryl/α,β-unsaturated/α-hetero) is 1. The predicted octanol–water partition coefficient (Wildman–Crippen LogP) is 5.27. The Morgan fingerprint density at radius 1 is 0.840 bits per heavy atom. The summed E-state index contributed by atoms with van der Waals surface area (Å²) >= 11 is 23.5. The van der Waals surface area contributed by atoms with Crippen LogP contribution in [0.5, 0.6) is 0 Å². The molecule has 1 heterocycles. The van der Waals surface area contributed by atoms with Crippen LogP contribution in [0.1, 0.15) is 16.4 Å². The molecule has 0 fully saturated rings. The molecule has 0 amide bonds. The number of hydrogen-bond acceptors (Lipinski definition) is 4. The molecule has 9 heteroatoms. The highest BCUT2D eigenvalue weighted by atomic mass is 35.5. The number of rotatable bonds is 2. The number of sulfone groups is 1. The van der Waals surface area contributed by atoms with Crippen molar-refractivity contribution in [2.75, 3.05) is 0 Å². The van der Waals surface area contributed by atoms with Gasteiger partial charge in [0, 0.05) is 0 Å². The van der Waals surface area contributed by atoms with E-state index >= 15 is 0 Å². The van der Waals surface area contributed by atoms with Gasteiger partial charge in [0.25, 0.3) is 0 Å². The minimum atomic E-state index is -4.21. The van der Waals surface area contributed by atoms with Crippen LogP contribution in [0.25, 0.3) is 4.91 Å². The van der Waals surface area contributed by atoms with Crippen LogP contribution in [0.2, 0.25) is 20.1 Å². The number of ketones is 1. The number of aliphatic hydroxyl groups excluding tert-OH is 1. The van der Waals surface area contributed by atoms with Crippen molar-refractivity contribution in [3.63, 3.8) is 0 Å². The first kappa shape index (κ1) is 18.5. The summed E-state index contributed by atoms with van der Waals surface area (Å²) in [5.41, 5.74) is 0.184. The van der Waals surface area contributed by atoms with E-state index in [0.29, 0.717) is 0 Å².